The van der Waals surface area contributed by atoms with Gasteiger partial charge in [0.2, 0.25) is 0 Å². The second kappa shape index (κ2) is 7.73. The van der Waals surface area contributed by atoms with E-state index in [2.05, 4.69) is 38.4 Å². The number of benzene rings is 1. The SMILES string of the molecule is O[C@@H]1C[C@H]2CN(Cc3ccc4c(c3)CCO4)C[C@H]2C[C@H]1n1cc(-c2ccccn2)nn1. The average Bonchev–Trinajstić information content (AvgIpc) is 3.52. The van der Waals surface area contributed by atoms with Crippen LogP contribution in [0.1, 0.15) is 30.0 Å². The van der Waals surface area contributed by atoms with Crippen LogP contribution in [0.15, 0.2) is 48.8 Å². The Morgan fingerprint density at radius 2 is 1.97 bits per heavy atom. The first-order chi connectivity index (χ1) is 15.2. The van der Waals surface area contributed by atoms with E-state index in [1.165, 1.54) is 11.1 Å². The van der Waals surface area contributed by atoms with Crippen LogP contribution in [0, 0.1) is 11.8 Å². The van der Waals surface area contributed by atoms with Gasteiger partial charge in [0.1, 0.15) is 11.4 Å². The standard InChI is InChI=1S/C24H27N5O2/c30-23-11-19-14-28(12-16-4-5-24-17(9-16)6-8-31-24)13-18(19)10-22(23)29-15-21(26-27-29)20-3-1-2-7-25-20/h1-5,7,9,15,18-19,22-23,30H,6,8,10-14H2/t18-,19+,22-,23-/m1/s1. The smallest absolute Gasteiger partial charge is 0.131 e. The summed E-state index contributed by atoms with van der Waals surface area (Å²) in [6.07, 6.45) is 6.07. The molecule has 0 bridgehead atoms. The molecule has 1 aliphatic carbocycles. The summed E-state index contributed by atoms with van der Waals surface area (Å²) in [7, 11) is 0. The van der Waals surface area contributed by atoms with Crippen molar-refractivity contribution >= 4 is 0 Å². The largest absolute Gasteiger partial charge is 0.493 e. The van der Waals surface area contributed by atoms with Gasteiger partial charge < -0.3 is 9.84 Å². The molecule has 4 atom stereocenters. The Balaban J connectivity index is 1.14. The predicted molar refractivity (Wildman–Crippen MR) is 115 cm³/mol. The third-order valence-corrected chi connectivity index (χ3v) is 7.12. The van der Waals surface area contributed by atoms with Crippen molar-refractivity contribution in [2.45, 2.75) is 38.0 Å². The molecular formula is C24H27N5O2. The Bertz CT molecular complexity index is 1070. The first-order valence-corrected chi connectivity index (χ1v) is 11.2. The van der Waals surface area contributed by atoms with Gasteiger partial charge in [-0.15, -0.1) is 5.10 Å². The molecule has 0 amide bonds. The quantitative estimate of drug-likeness (QED) is 0.704. The van der Waals surface area contributed by atoms with Gasteiger partial charge in [-0.2, -0.15) is 0 Å². The van der Waals surface area contributed by atoms with Gasteiger partial charge in [-0.1, -0.05) is 23.4 Å². The molecule has 2 aromatic heterocycles. The highest BCUT2D eigenvalue weighted by atomic mass is 16.5. The number of aliphatic hydroxyl groups is 1. The summed E-state index contributed by atoms with van der Waals surface area (Å²) in [5.74, 6) is 2.17. The fraction of sp³-hybridized carbons (Fsp3) is 0.458. The van der Waals surface area contributed by atoms with Gasteiger partial charge in [-0.3, -0.25) is 9.88 Å². The lowest BCUT2D eigenvalue weighted by atomic mass is 9.77. The number of nitrogens with zero attached hydrogens (tertiary/aromatic N) is 5. The topological polar surface area (TPSA) is 76.3 Å². The minimum absolute atomic E-state index is 0.0247. The lowest BCUT2D eigenvalue weighted by Crippen LogP contribution is -2.36. The average molecular weight is 418 g/mol. The minimum Gasteiger partial charge on any atom is -0.493 e. The maximum atomic E-state index is 10.9. The molecule has 1 aromatic carbocycles. The monoisotopic (exact) mass is 417 g/mol. The lowest BCUT2D eigenvalue weighted by Gasteiger charge is -2.35. The van der Waals surface area contributed by atoms with E-state index in [-0.39, 0.29) is 6.04 Å². The third-order valence-electron chi connectivity index (χ3n) is 7.12. The fourth-order valence-corrected chi connectivity index (χ4v) is 5.58. The van der Waals surface area contributed by atoms with Gasteiger partial charge in [-0.25, -0.2) is 4.68 Å². The maximum absolute atomic E-state index is 10.9. The Hall–Kier alpha value is -2.77. The van der Waals surface area contributed by atoms with Crippen molar-refractivity contribution in [3.05, 3.63) is 59.9 Å². The highest BCUT2D eigenvalue weighted by Gasteiger charge is 2.42. The van der Waals surface area contributed by atoms with Crippen molar-refractivity contribution in [3.63, 3.8) is 0 Å². The minimum atomic E-state index is -0.392. The van der Waals surface area contributed by atoms with Gasteiger partial charge in [0.05, 0.1) is 30.6 Å². The van der Waals surface area contributed by atoms with Gasteiger partial charge in [0, 0.05) is 32.3 Å². The first kappa shape index (κ1) is 19.0. The summed E-state index contributed by atoms with van der Waals surface area (Å²) in [4.78, 5) is 6.90. The molecule has 3 aromatic rings. The van der Waals surface area contributed by atoms with E-state index < -0.39 is 6.10 Å². The van der Waals surface area contributed by atoms with Gasteiger partial charge in [0.15, 0.2) is 0 Å². The van der Waals surface area contributed by atoms with Crippen molar-refractivity contribution in [1.82, 2.24) is 24.9 Å². The van der Waals surface area contributed by atoms with E-state index in [0.717, 1.165) is 62.6 Å². The summed E-state index contributed by atoms with van der Waals surface area (Å²) in [6.45, 7) is 3.90. The van der Waals surface area contributed by atoms with Crippen LogP contribution in [0.2, 0.25) is 0 Å². The van der Waals surface area contributed by atoms with Crippen LogP contribution < -0.4 is 4.74 Å². The zero-order valence-corrected chi connectivity index (χ0v) is 17.5. The van der Waals surface area contributed by atoms with E-state index in [1.54, 1.807) is 6.20 Å². The molecule has 1 N–H and O–H groups in total. The van der Waals surface area contributed by atoms with Crippen LogP contribution in [0.4, 0.5) is 0 Å². The van der Waals surface area contributed by atoms with Gasteiger partial charge in [-0.05, 0) is 54.0 Å². The number of likely N-dealkylation sites (tertiary alicyclic amines) is 1. The predicted octanol–water partition coefficient (Wildman–Crippen LogP) is 2.72. The number of aliphatic hydroxyl groups excluding tert-OH is 1. The third kappa shape index (κ3) is 3.62. The normalized spacial score (nSPS) is 27.6. The fourth-order valence-electron chi connectivity index (χ4n) is 5.58. The summed E-state index contributed by atoms with van der Waals surface area (Å²) in [6, 6.07) is 12.4. The molecule has 7 nitrogen and oxygen atoms in total. The molecule has 0 spiro atoms. The van der Waals surface area contributed by atoms with Crippen LogP contribution >= 0.6 is 0 Å². The number of hydrogen-bond acceptors (Lipinski definition) is 6. The molecule has 1 saturated carbocycles. The first-order valence-electron chi connectivity index (χ1n) is 11.2. The number of rotatable bonds is 4. The summed E-state index contributed by atoms with van der Waals surface area (Å²) >= 11 is 0. The molecule has 3 aliphatic rings. The Labute approximate surface area is 181 Å². The van der Waals surface area contributed by atoms with E-state index in [4.69, 9.17) is 4.74 Å². The Kier molecular flexibility index (Phi) is 4.73. The van der Waals surface area contributed by atoms with Crippen LogP contribution in [0.5, 0.6) is 5.75 Å². The van der Waals surface area contributed by atoms with E-state index in [9.17, 15) is 5.11 Å². The Morgan fingerprint density at radius 1 is 1.06 bits per heavy atom. The Morgan fingerprint density at radius 3 is 2.84 bits per heavy atom. The van der Waals surface area contributed by atoms with Crippen LogP contribution in [0.25, 0.3) is 11.4 Å². The molecule has 31 heavy (non-hydrogen) atoms. The molecule has 2 aliphatic heterocycles. The molecule has 1 saturated heterocycles. The van der Waals surface area contributed by atoms with Crippen molar-refractivity contribution in [1.29, 1.82) is 0 Å². The van der Waals surface area contributed by atoms with Crippen LogP contribution in [0.3, 0.4) is 0 Å². The van der Waals surface area contributed by atoms with Crippen LogP contribution in [-0.4, -0.2) is 55.8 Å². The van der Waals surface area contributed by atoms with Gasteiger partial charge >= 0.3 is 0 Å². The van der Waals surface area contributed by atoms with Gasteiger partial charge in [0.25, 0.3) is 0 Å². The summed E-state index contributed by atoms with van der Waals surface area (Å²) in [5, 5.41) is 19.5. The zero-order valence-electron chi connectivity index (χ0n) is 17.5. The summed E-state index contributed by atoms with van der Waals surface area (Å²) < 4.78 is 7.49. The summed E-state index contributed by atoms with van der Waals surface area (Å²) in [5.41, 5.74) is 4.25. The number of pyridine rings is 1. The van der Waals surface area contributed by atoms with Crippen molar-refractivity contribution < 1.29 is 9.84 Å². The number of aromatic nitrogens is 4. The molecule has 2 fully saturated rings. The van der Waals surface area contributed by atoms with Crippen LogP contribution in [-0.2, 0) is 13.0 Å². The molecule has 7 heteroatoms. The van der Waals surface area contributed by atoms with Crippen molar-refractivity contribution in [3.8, 4) is 17.1 Å². The number of ether oxygens (including phenoxy) is 1. The second-order valence-electron chi connectivity index (χ2n) is 9.16. The van der Waals surface area contributed by atoms with E-state index in [1.807, 2.05) is 29.1 Å². The molecular weight excluding hydrogens is 390 g/mol. The van der Waals surface area contributed by atoms with E-state index >= 15 is 0 Å². The van der Waals surface area contributed by atoms with E-state index in [0.29, 0.717) is 11.8 Å². The highest BCUT2D eigenvalue weighted by Crippen LogP contribution is 2.41. The maximum Gasteiger partial charge on any atom is 0.131 e. The molecule has 160 valence electrons. The molecule has 6 rings (SSSR count). The molecule has 4 heterocycles. The second-order valence-corrected chi connectivity index (χ2v) is 9.16. The molecule has 0 radical (unpaired) electrons. The molecule has 0 unspecified atom stereocenters. The van der Waals surface area contributed by atoms with Crippen molar-refractivity contribution in [2.24, 2.45) is 11.8 Å². The van der Waals surface area contributed by atoms with Crippen molar-refractivity contribution in [2.75, 3.05) is 19.7 Å². The lowest BCUT2D eigenvalue weighted by molar-refractivity contribution is 0.0298. The highest BCUT2D eigenvalue weighted by molar-refractivity contribution is 5.51. The number of hydrogen-bond donors (Lipinski definition) is 1. The number of fused-ring (bicyclic) bond motifs is 2. The zero-order chi connectivity index (χ0) is 20.8.